The Bertz CT molecular complexity index is 544. The van der Waals surface area contributed by atoms with E-state index in [0.717, 1.165) is 17.7 Å². The van der Waals surface area contributed by atoms with Crippen LogP contribution in [0, 0.1) is 12.3 Å². The zero-order chi connectivity index (χ0) is 15.5. The summed E-state index contributed by atoms with van der Waals surface area (Å²) >= 11 is 0. The first-order chi connectivity index (χ1) is 9.97. The lowest BCUT2D eigenvalue weighted by Crippen LogP contribution is -2.38. The SMILES string of the molecule is CCCC1(C(=O)O)CCN(C(=O)Nc2cccc(C)c2)C1. The highest BCUT2D eigenvalue weighted by Crippen LogP contribution is 2.35. The van der Waals surface area contributed by atoms with Crippen molar-refractivity contribution in [2.45, 2.75) is 33.1 Å². The van der Waals surface area contributed by atoms with Gasteiger partial charge < -0.3 is 15.3 Å². The molecule has 1 aliphatic heterocycles. The van der Waals surface area contributed by atoms with Crippen LogP contribution >= 0.6 is 0 Å². The second-order valence-corrected chi connectivity index (χ2v) is 5.81. The predicted octanol–water partition coefficient (Wildman–Crippen LogP) is 3.10. The quantitative estimate of drug-likeness (QED) is 0.895. The van der Waals surface area contributed by atoms with Gasteiger partial charge in [0.05, 0.1) is 5.41 Å². The lowest BCUT2D eigenvalue weighted by molar-refractivity contribution is -0.148. The van der Waals surface area contributed by atoms with Gasteiger partial charge in [-0.05, 0) is 37.5 Å². The average Bonchev–Trinajstić information content (AvgIpc) is 2.85. The molecular weight excluding hydrogens is 268 g/mol. The third-order valence-corrected chi connectivity index (χ3v) is 4.09. The van der Waals surface area contributed by atoms with Gasteiger partial charge in [-0.25, -0.2) is 4.79 Å². The summed E-state index contributed by atoms with van der Waals surface area (Å²) in [5.41, 5.74) is 1.03. The molecule has 1 heterocycles. The number of carbonyl (C=O) groups is 2. The van der Waals surface area contributed by atoms with Gasteiger partial charge in [0.2, 0.25) is 0 Å². The zero-order valence-corrected chi connectivity index (χ0v) is 12.6. The van der Waals surface area contributed by atoms with Crippen molar-refractivity contribution in [3.8, 4) is 0 Å². The molecule has 2 N–H and O–H groups in total. The first kappa shape index (κ1) is 15.4. The molecule has 1 saturated heterocycles. The molecule has 0 aromatic heterocycles. The van der Waals surface area contributed by atoms with E-state index in [0.29, 0.717) is 19.4 Å². The highest BCUT2D eigenvalue weighted by atomic mass is 16.4. The topological polar surface area (TPSA) is 69.6 Å². The van der Waals surface area contributed by atoms with Crippen molar-refractivity contribution in [2.24, 2.45) is 5.41 Å². The first-order valence-electron chi connectivity index (χ1n) is 7.33. The summed E-state index contributed by atoms with van der Waals surface area (Å²) in [5.74, 6) is -0.796. The van der Waals surface area contributed by atoms with Gasteiger partial charge in [0.1, 0.15) is 0 Å². The maximum atomic E-state index is 12.3. The number of carbonyl (C=O) groups excluding carboxylic acids is 1. The fourth-order valence-electron chi connectivity index (χ4n) is 2.94. The van der Waals surface area contributed by atoms with Gasteiger partial charge >= 0.3 is 12.0 Å². The normalized spacial score (nSPS) is 21.3. The molecule has 1 aromatic carbocycles. The maximum absolute atomic E-state index is 12.3. The van der Waals surface area contributed by atoms with E-state index in [1.54, 1.807) is 4.90 Å². The Hall–Kier alpha value is -2.04. The fourth-order valence-corrected chi connectivity index (χ4v) is 2.94. The largest absolute Gasteiger partial charge is 0.481 e. The molecule has 5 nitrogen and oxygen atoms in total. The van der Waals surface area contributed by atoms with Crippen molar-refractivity contribution in [3.63, 3.8) is 0 Å². The average molecular weight is 290 g/mol. The van der Waals surface area contributed by atoms with Gasteiger partial charge in [-0.15, -0.1) is 0 Å². The summed E-state index contributed by atoms with van der Waals surface area (Å²) in [6, 6.07) is 7.34. The Kier molecular flexibility index (Phi) is 4.50. The Labute approximate surface area is 125 Å². The monoisotopic (exact) mass is 290 g/mol. The number of aliphatic carboxylic acids is 1. The van der Waals surface area contributed by atoms with Crippen molar-refractivity contribution in [1.29, 1.82) is 0 Å². The maximum Gasteiger partial charge on any atom is 0.321 e. The molecule has 1 atom stereocenters. The summed E-state index contributed by atoms with van der Waals surface area (Å²) < 4.78 is 0. The smallest absolute Gasteiger partial charge is 0.321 e. The van der Waals surface area contributed by atoms with E-state index in [1.165, 1.54) is 0 Å². The van der Waals surface area contributed by atoms with Crippen LogP contribution < -0.4 is 5.32 Å². The second kappa shape index (κ2) is 6.16. The molecule has 1 fully saturated rings. The van der Waals surface area contributed by atoms with Crippen LogP contribution in [-0.4, -0.2) is 35.1 Å². The molecule has 0 saturated carbocycles. The van der Waals surface area contributed by atoms with Gasteiger partial charge in [0.15, 0.2) is 0 Å². The van der Waals surface area contributed by atoms with E-state index in [9.17, 15) is 14.7 Å². The number of nitrogens with one attached hydrogen (secondary N) is 1. The van der Waals surface area contributed by atoms with Gasteiger partial charge in [-0.1, -0.05) is 25.5 Å². The number of anilines is 1. The molecule has 1 aromatic rings. The Balaban J connectivity index is 2.03. The molecular formula is C16H22N2O3. The second-order valence-electron chi connectivity index (χ2n) is 5.81. The molecule has 2 rings (SSSR count). The minimum absolute atomic E-state index is 0.222. The molecule has 0 aliphatic carbocycles. The minimum Gasteiger partial charge on any atom is -0.481 e. The highest BCUT2D eigenvalue weighted by Gasteiger charge is 2.45. The van der Waals surface area contributed by atoms with Crippen LogP contribution in [-0.2, 0) is 4.79 Å². The van der Waals surface area contributed by atoms with E-state index in [2.05, 4.69) is 5.32 Å². The standard InChI is InChI=1S/C16H22N2O3/c1-3-7-16(14(19)20)8-9-18(11-16)15(21)17-13-6-4-5-12(2)10-13/h4-6,10H,3,7-9,11H2,1-2H3,(H,17,21)(H,19,20). The van der Waals surface area contributed by atoms with Gasteiger partial charge in [0, 0.05) is 18.8 Å². The molecule has 114 valence electrons. The van der Waals surface area contributed by atoms with Crippen LogP contribution in [0.4, 0.5) is 10.5 Å². The Morgan fingerprint density at radius 1 is 1.43 bits per heavy atom. The number of urea groups is 1. The Morgan fingerprint density at radius 2 is 2.19 bits per heavy atom. The number of likely N-dealkylation sites (tertiary alicyclic amines) is 1. The highest BCUT2D eigenvalue weighted by molar-refractivity contribution is 5.90. The molecule has 1 unspecified atom stereocenters. The van der Waals surface area contributed by atoms with Crippen molar-refractivity contribution in [3.05, 3.63) is 29.8 Å². The number of hydrogen-bond donors (Lipinski definition) is 2. The van der Waals surface area contributed by atoms with Crippen molar-refractivity contribution >= 4 is 17.7 Å². The van der Waals surface area contributed by atoms with E-state index in [4.69, 9.17) is 0 Å². The Morgan fingerprint density at radius 3 is 2.81 bits per heavy atom. The molecule has 5 heteroatoms. The lowest BCUT2D eigenvalue weighted by atomic mass is 9.83. The molecule has 0 radical (unpaired) electrons. The fraction of sp³-hybridized carbons (Fsp3) is 0.500. The summed E-state index contributed by atoms with van der Waals surface area (Å²) in [5, 5.41) is 12.3. The summed E-state index contributed by atoms with van der Waals surface area (Å²) in [6.45, 7) is 4.71. The number of rotatable bonds is 4. The van der Waals surface area contributed by atoms with E-state index in [1.807, 2.05) is 38.1 Å². The minimum atomic E-state index is -0.796. The van der Waals surface area contributed by atoms with Crippen molar-refractivity contribution in [2.75, 3.05) is 18.4 Å². The van der Waals surface area contributed by atoms with Crippen molar-refractivity contribution < 1.29 is 14.7 Å². The number of benzene rings is 1. The molecule has 0 bridgehead atoms. The number of carboxylic acids is 1. The van der Waals surface area contributed by atoms with E-state index < -0.39 is 11.4 Å². The van der Waals surface area contributed by atoms with E-state index in [-0.39, 0.29) is 12.6 Å². The summed E-state index contributed by atoms with van der Waals surface area (Å²) in [7, 11) is 0. The van der Waals surface area contributed by atoms with Crippen LogP contribution in [0.3, 0.4) is 0 Å². The first-order valence-corrected chi connectivity index (χ1v) is 7.33. The lowest BCUT2D eigenvalue weighted by Gasteiger charge is -2.24. The third kappa shape index (κ3) is 3.35. The predicted molar refractivity (Wildman–Crippen MR) is 81.4 cm³/mol. The van der Waals surface area contributed by atoms with Crippen LogP contribution in [0.2, 0.25) is 0 Å². The van der Waals surface area contributed by atoms with Gasteiger partial charge in [-0.2, -0.15) is 0 Å². The molecule has 2 amide bonds. The number of nitrogens with zero attached hydrogens (tertiary/aromatic N) is 1. The van der Waals surface area contributed by atoms with Crippen LogP contribution in [0.1, 0.15) is 31.7 Å². The van der Waals surface area contributed by atoms with E-state index >= 15 is 0 Å². The third-order valence-electron chi connectivity index (χ3n) is 4.09. The molecule has 0 spiro atoms. The number of amides is 2. The van der Waals surface area contributed by atoms with Crippen LogP contribution in [0.15, 0.2) is 24.3 Å². The van der Waals surface area contributed by atoms with Gasteiger partial charge in [0.25, 0.3) is 0 Å². The molecule has 21 heavy (non-hydrogen) atoms. The zero-order valence-electron chi connectivity index (χ0n) is 12.6. The number of carboxylic acid groups (broad SMARTS) is 1. The summed E-state index contributed by atoms with van der Waals surface area (Å²) in [4.78, 5) is 25.4. The van der Waals surface area contributed by atoms with Crippen LogP contribution in [0.5, 0.6) is 0 Å². The number of aryl methyl sites for hydroxylation is 1. The summed E-state index contributed by atoms with van der Waals surface area (Å²) in [6.07, 6.45) is 1.94. The van der Waals surface area contributed by atoms with Crippen LogP contribution in [0.25, 0.3) is 0 Å². The van der Waals surface area contributed by atoms with Gasteiger partial charge in [-0.3, -0.25) is 4.79 Å². The number of hydrogen-bond acceptors (Lipinski definition) is 2. The van der Waals surface area contributed by atoms with Crippen molar-refractivity contribution in [1.82, 2.24) is 4.90 Å². The molecule has 1 aliphatic rings.